The molecule has 1 aromatic heterocycles. The standard InChI is InChI=1S/C17H17ClN2O2/c1-11-6-12(2)8-13(7-11)10-19-16-9-14(18)4-5-15(16)20(22-3)17(19)21/h4-9H,10H2,1-3H3. The van der Waals surface area contributed by atoms with Gasteiger partial charge in [0.05, 0.1) is 12.1 Å². The van der Waals surface area contributed by atoms with Crippen LogP contribution in [-0.4, -0.2) is 16.4 Å². The van der Waals surface area contributed by atoms with Crippen LogP contribution in [0.3, 0.4) is 0 Å². The summed E-state index contributed by atoms with van der Waals surface area (Å²) in [5, 5.41) is 0.593. The third-order valence-corrected chi connectivity index (χ3v) is 3.89. The van der Waals surface area contributed by atoms with Crippen LogP contribution in [0.2, 0.25) is 5.02 Å². The number of imidazole rings is 1. The van der Waals surface area contributed by atoms with Crippen molar-refractivity contribution >= 4 is 22.6 Å². The Morgan fingerprint density at radius 1 is 1.05 bits per heavy atom. The Morgan fingerprint density at radius 3 is 2.36 bits per heavy atom. The Labute approximate surface area is 133 Å². The Kier molecular flexibility index (Phi) is 3.71. The van der Waals surface area contributed by atoms with Gasteiger partial charge in [-0.05, 0) is 37.6 Å². The first-order valence-corrected chi connectivity index (χ1v) is 7.40. The third-order valence-electron chi connectivity index (χ3n) is 3.66. The zero-order chi connectivity index (χ0) is 15.9. The number of nitrogens with zero attached hydrogens (tertiary/aromatic N) is 2. The highest BCUT2D eigenvalue weighted by atomic mass is 35.5. The second-order valence-corrected chi connectivity index (χ2v) is 5.91. The van der Waals surface area contributed by atoms with Crippen molar-refractivity contribution in [1.82, 2.24) is 9.30 Å². The van der Waals surface area contributed by atoms with Crippen molar-refractivity contribution < 1.29 is 4.84 Å². The van der Waals surface area contributed by atoms with E-state index in [0.717, 1.165) is 11.1 Å². The minimum Gasteiger partial charge on any atom is -0.412 e. The molecule has 0 amide bonds. The lowest BCUT2D eigenvalue weighted by atomic mass is 10.1. The summed E-state index contributed by atoms with van der Waals surface area (Å²) in [6, 6.07) is 11.6. The van der Waals surface area contributed by atoms with Gasteiger partial charge in [0, 0.05) is 5.02 Å². The molecule has 0 unspecified atom stereocenters. The van der Waals surface area contributed by atoms with Gasteiger partial charge >= 0.3 is 5.69 Å². The fourth-order valence-electron chi connectivity index (χ4n) is 2.87. The molecule has 0 aliphatic carbocycles. The molecule has 0 bridgehead atoms. The summed E-state index contributed by atoms with van der Waals surface area (Å²) in [6.45, 7) is 4.58. The number of hydrogen-bond donors (Lipinski definition) is 0. The molecule has 22 heavy (non-hydrogen) atoms. The highest BCUT2D eigenvalue weighted by Crippen LogP contribution is 2.20. The van der Waals surface area contributed by atoms with Crippen LogP contribution in [0, 0.1) is 13.8 Å². The van der Waals surface area contributed by atoms with Gasteiger partial charge in [-0.25, -0.2) is 4.79 Å². The zero-order valence-corrected chi connectivity index (χ0v) is 13.5. The maximum atomic E-state index is 12.6. The first-order chi connectivity index (χ1) is 10.5. The highest BCUT2D eigenvalue weighted by Gasteiger charge is 2.14. The van der Waals surface area contributed by atoms with Crippen LogP contribution in [-0.2, 0) is 6.54 Å². The van der Waals surface area contributed by atoms with Crippen molar-refractivity contribution in [3.05, 3.63) is 68.6 Å². The molecule has 0 aliphatic rings. The molecule has 3 aromatic rings. The van der Waals surface area contributed by atoms with Gasteiger partial charge in [-0.3, -0.25) is 4.57 Å². The van der Waals surface area contributed by atoms with Crippen molar-refractivity contribution in [2.45, 2.75) is 20.4 Å². The molecule has 5 heteroatoms. The number of halogens is 1. The Bertz CT molecular complexity index is 889. The number of fused-ring (bicyclic) bond motifs is 1. The van der Waals surface area contributed by atoms with Gasteiger partial charge in [-0.2, -0.15) is 0 Å². The first kappa shape index (κ1) is 14.7. The molecule has 4 nitrogen and oxygen atoms in total. The van der Waals surface area contributed by atoms with E-state index in [-0.39, 0.29) is 5.69 Å². The average molecular weight is 317 g/mol. The molecule has 0 aliphatic heterocycles. The Balaban J connectivity index is 2.19. The average Bonchev–Trinajstić information content (AvgIpc) is 2.70. The van der Waals surface area contributed by atoms with E-state index in [4.69, 9.17) is 16.4 Å². The van der Waals surface area contributed by atoms with E-state index in [1.807, 2.05) is 0 Å². The topological polar surface area (TPSA) is 36.2 Å². The van der Waals surface area contributed by atoms with Crippen molar-refractivity contribution in [3.63, 3.8) is 0 Å². The molecule has 114 valence electrons. The second-order valence-electron chi connectivity index (χ2n) is 5.47. The fourth-order valence-corrected chi connectivity index (χ4v) is 3.04. The molecule has 2 aromatic carbocycles. The summed E-state index contributed by atoms with van der Waals surface area (Å²) in [6.07, 6.45) is 0. The van der Waals surface area contributed by atoms with Gasteiger partial charge in [-0.15, -0.1) is 4.73 Å². The van der Waals surface area contributed by atoms with Crippen molar-refractivity contribution in [2.24, 2.45) is 0 Å². The summed E-state index contributed by atoms with van der Waals surface area (Å²) in [5.74, 6) is 0. The second kappa shape index (κ2) is 5.54. The van der Waals surface area contributed by atoms with E-state index in [9.17, 15) is 4.79 Å². The van der Waals surface area contributed by atoms with Crippen molar-refractivity contribution in [3.8, 4) is 0 Å². The maximum Gasteiger partial charge on any atom is 0.362 e. The van der Waals surface area contributed by atoms with Crippen LogP contribution in [0.15, 0.2) is 41.2 Å². The molecule has 0 radical (unpaired) electrons. The van der Waals surface area contributed by atoms with Crippen molar-refractivity contribution in [2.75, 3.05) is 7.11 Å². The van der Waals surface area contributed by atoms with Crippen LogP contribution in [0.25, 0.3) is 11.0 Å². The minimum absolute atomic E-state index is 0.209. The van der Waals surface area contributed by atoms with Crippen LogP contribution >= 0.6 is 11.6 Å². The fraction of sp³-hybridized carbons (Fsp3) is 0.235. The number of rotatable bonds is 3. The number of aromatic nitrogens is 2. The van der Waals surface area contributed by atoms with E-state index >= 15 is 0 Å². The van der Waals surface area contributed by atoms with Crippen LogP contribution in [0.5, 0.6) is 0 Å². The van der Waals surface area contributed by atoms with Gasteiger partial charge in [0.2, 0.25) is 0 Å². The monoisotopic (exact) mass is 316 g/mol. The van der Waals surface area contributed by atoms with E-state index < -0.39 is 0 Å². The highest BCUT2D eigenvalue weighted by molar-refractivity contribution is 6.31. The quantitative estimate of drug-likeness (QED) is 0.744. The van der Waals surface area contributed by atoms with E-state index in [2.05, 4.69) is 32.0 Å². The predicted molar refractivity (Wildman–Crippen MR) is 88.7 cm³/mol. The lowest BCUT2D eigenvalue weighted by molar-refractivity contribution is 0.166. The van der Waals surface area contributed by atoms with Crippen LogP contribution in [0.4, 0.5) is 0 Å². The summed E-state index contributed by atoms with van der Waals surface area (Å²) in [5.41, 5.74) is 4.70. The molecule has 0 N–H and O–H groups in total. The molecular formula is C17H17ClN2O2. The zero-order valence-electron chi connectivity index (χ0n) is 12.8. The summed E-state index contributed by atoms with van der Waals surface area (Å²) >= 11 is 6.08. The molecule has 0 atom stereocenters. The van der Waals surface area contributed by atoms with Crippen LogP contribution in [0.1, 0.15) is 16.7 Å². The smallest absolute Gasteiger partial charge is 0.362 e. The van der Waals surface area contributed by atoms with E-state index in [0.29, 0.717) is 17.1 Å². The lowest BCUT2D eigenvalue weighted by Gasteiger charge is -2.06. The van der Waals surface area contributed by atoms with Gasteiger partial charge < -0.3 is 4.84 Å². The Hall–Kier alpha value is -2.20. The molecule has 0 saturated carbocycles. The van der Waals surface area contributed by atoms with Gasteiger partial charge in [0.1, 0.15) is 12.6 Å². The minimum atomic E-state index is -0.209. The van der Waals surface area contributed by atoms with Crippen LogP contribution < -0.4 is 10.5 Å². The van der Waals surface area contributed by atoms with Gasteiger partial charge in [0.15, 0.2) is 0 Å². The van der Waals surface area contributed by atoms with Gasteiger partial charge in [-0.1, -0.05) is 40.9 Å². The largest absolute Gasteiger partial charge is 0.412 e. The third kappa shape index (κ3) is 2.50. The molecule has 3 rings (SSSR count). The number of hydrogen-bond acceptors (Lipinski definition) is 2. The molecule has 0 fully saturated rings. The lowest BCUT2D eigenvalue weighted by Crippen LogP contribution is -2.27. The molecule has 0 saturated heterocycles. The van der Waals surface area contributed by atoms with E-state index in [1.165, 1.54) is 23.0 Å². The maximum absolute atomic E-state index is 12.6. The van der Waals surface area contributed by atoms with Crippen molar-refractivity contribution in [1.29, 1.82) is 0 Å². The SMILES string of the molecule is COn1c(=O)n(Cc2cc(C)cc(C)c2)c2cc(Cl)ccc21. The molecule has 0 spiro atoms. The van der Waals surface area contributed by atoms with E-state index in [1.54, 1.807) is 22.8 Å². The molecule has 1 heterocycles. The Morgan fingerprint density at radius 2 is 1.73 bits per heavy atom. The number of aryl methyl sites for hydroxylation is 2. The number of benzene rings is 2. The predicted octanol–water partition coefficient (Wildman–Crippen LogP) is 3.18. The molecular weight excluding hydrogens is 300 g/mol. The van der Waals surface area contributed by atoms with Gasteiger partial charge in [0.25, 0.3) is 0 Å². The summed E-state index contributed by atoms with van der Waals surface area (Å²) in [4.78, 5) is 17.8. The first-order valence-electron chi connectivity index (χ1n) is 7.02. The summed E-state index contributed by atoms with van der Waals surface area (Å²) < 4.78 is 2.97. The normalized spacial score (nSPS) is 11.1. The summed E-state index contributed by atoms with van der Waals surface area (Å²) in [7, 11) is 1.48.